The van der Waals surface area contributed by atoms with Crippen molar-refractivity contribution in [3.05, 3.63) is 59.2 Å². The van der Waals surface area contributed by atoms with Crippen LogP contribution in [0.15, 0.2) is 42.5 Å². The van der Waals surface area contributed by atoms with Crippen molar-refractivity contribution >= 4 is 0 Å². The lowest BCUT2D eigenvalue weighted by Gasteiger charge is -2.56. The Labute approximate surface area is 172 Å². The van der Waals surface area contributed by atoms with Crippen LogP contribution in [0.5, 0.6) is 11.5 Å². The van der Waals surface area contributed by atoms with Gasteiger partial charge in [-0.3, -0.25) is 0 Å². The highest BCUT2D eigenvalue weighted by Crippen LogP contribution is 2.43. The Bertz CT molecular complexity index is 900. The number of aryl methyl sites for hydroxylation is 1. The number of piperidine rings is 2. The van der Waals surface area contributed by atoms with E-state index in [2.05, 4.69) is 64.5 Å². The molecule has 4 saturated heterocycles. The minimum atomic E-state index is 0.156. The van der Waals surface area contributed by atoms with Crippen LogP contribution in [0.2, 0.25) is 0 Å². The van der Waals surface area contributed by atoms with Crippen molar-refractivity contribution < 1.29 is 9.47 Å². The normalized spacial score (nSPS) is 34.4. The predicted molar refractivity (Wildman–Crippen MR) is 112 cm³/mol. The van der Waals surface area contributed by atoms with E-state index in [1.807, 2.05) is 0 Å². The third kappa shape index (κ3) is 2.87. The lowest BCUT2D eigenvalue weighted by molar-refractivity contribution is 0.0174. The average molecular weight is 392 g/mol. The fourth-order valence-corrected chi connectivity index (χ4v) is 6.17. The first kappa shape index (κ1) is 17.8. The second-order valence-corrected chi connectivity index (χ2v) is 9.24. The average Bonchev–Trinajstić information content (AvgIpc) is 3.04. The molecular weight excluding hydrogens is 362 g/mol. The van der Waals surface area contributed by atoms with E-state index >= 15 is 0 Å². The SMILES string of the molecule is Cc1cc2c(cc1CNC1C3CN4CCN(C3)CC1(c1ccccc1)C4)OCO2. The Morgan fingerprint density at radius 3 is 2.41 bits per heavy atom. The third-order valence-corrected chi connectivity index (χ3v) is 7.49. The first-order valence-corrected chi connectivity index (χ1v) is 10.8. The maximum absolute atomic E-state index is 5.62. The minimum Gasteiger partial charge on any atom is -0.454 e. The molecule has 5 aliphatic heterocycles. The standard InChI is InChI=1S/C24H29N3O2/c1-17-9-21-22(29-16-28-21)10-18(17)11-25-23-19-12-26-7-8-27(13-19)15-24(23,14-26)20-5-3-2-4-6-20/h2-6,9-10,19,23,25H,7-8,11-16H2,1H3. The monoisotopic (exact) mass is 391 g/mol. The van der Waals surface area contributed by atoms with Crippen LogP contribution in [-0.2, 0) is 12.0 Å². The molecule has 0 radical (unpaired) electrons. The number of fused-ring (bicyclic) bond motifs is 2. The molecule has 2 aromatic rings. The largest absolute Gasteiger partial charge is 0.454 e. The number of benzene rings is 2. The molecule has 0 saturated carbocycles. The molecule has 7 rings (SSSR count). The van der Waals surface area contributed by atoms with Crippen molar-refractivity contribution in [1.82, 2.24) is 15.1 Å². The summed E-state index contributed by atoms with van der Waals surface area (Å²) in [4.78, 5) is 5.41. The van der Waals surface area contributed by atoms with Gasteiger partial charge in [-0.05, 0) is 35.7 Å². The lowest BCUT2D eigenvalue weighted by Crippen LogP contribution is -2.69. The first-order chi connectivity index (χ1) is 14.2. The minimum absolute atomic E-state index is 0.156. The van der Waals surface area contributed by atoms with Gasteiger partial charge in [-0.1, -0.05) is 30.3 Å². The smallest absolute Gasteiger partial charge is 0.231 e. The first-order valence-electron chi connectivity index (χ1n) is 10.8. The van der Waals surface area contributed by atoms with Gasteiger partial charge in [0.25, 0.3) is 0 Å². The van der Waals surface area contributed by atoms with Gasteiger partial charge >= 0.3 is 0 Å². The molecule has 0 aromatic heterocycles. The van der Waals surface area contributed by atoms with Gasteiger partial charge in [-0.25, -0.2) is 0 Å². The summed E-state index contributed by atoms with van der Waals surface area (Å²) in [5.74, 6) is 2.41. The molecule has 3 atom stereocenters. The van der Waals surface area contributed by atoms with Gasteiger partial charge in [0, 0.05) is 63.2 Å². The number of ether oxygens (including phenoxy) is 2. The summed E-state index contributed by atoms with van der Waals surface area (Å²) in [5.41, 5.74) is 4.22. The van der Waals surface area contributed by atoms with E-state index in [0.717, 1.165) is 31.1 Å². The van der Waals surface area contributed by atoms with Crippen LogP contribution in [0.25, 0.3) is 0 Å². The van der Waals surface area contributed by atoms with E-state index in [1.165, 1.54) is 42.9 Å². The van der Waals surface area contributed by atoms with Crippen molar-refractivity contribution in [1.29, 1.82) is 0 Å². The van der Waals surface area contributed by atoms with Crippen LogP contribution in [0.3, 0.4) is 0 Å². The zero-order valence-corrected chi connectivity index (χ0v) is 17.1. The van der Waals surface area contributed by atoms with Crippen LogP contribution >= 0.6 is 0 Å². The Kier molecular flexibility index (Phi) is 4.12. The second-order valence-electron chi connectivity index (χ2n) is 9.24. The van der Waals surface area contributed by atoms with Gasteiger partial charge in [0.15, 0.2) is 11.5 Å². The van der Waals surface area contributed by atoms with E-state index < -0.39 is 0 Å². The number of rotatable bonds is 4. The second kappa shape index (κ2) is 6.73. The summed E-state index contributed by atoms with van der Waals surface area (Å²) in [6.45, 7) is 10.5. The van der Waals surface area contributed by atoms with Gasteiger partial charge in [-0.2, -0.15) is 0 Å². The molecule has 2 aromatic carbocycles. The number of nitrogens with zero attached hydrogens (tertiary/aromatic N) is 2. The van der Waals surface area contributed by atoms with Gasteiger partial charge in [-0.15, -0.1) is 0 Å². The topological polar surface area (TPSA) is 37.0 Å². The van der Waals surface area contributed by atoms with Crippen LogP contribution in [0, 0.1) is 12.8 Å². The summed E-state index contributed by atoms with van der Waals surface area (Å²) in [7, 11) is 0. The molecule has 1 N–H and O–H groups in total. The molecule has 5 heteroatoms. The molecule has 4 fully saturated rings. The summed E-state index contributed by atoms with van der Waals surface area (Å²) in [5, 5.41) is 4.03. The van der Waals surface area contributed by atoms with Crippen LogP contribution in [0.4, 0.5) is 0 Å². The van der Waals surface area contributed by atoms with Crippen molar-refractivity contribution in [2.75, 3.05) is 46.1 Å². The lowest BCUT2D eigenvalue weighted by atomic mass is 9.64. The Morgan fingerprint density at radius 2 is 1.69 bits per heavy atom. The number of nitrogens with one attached hydrogen (secondary N) is 1. The van der Waals surface area contributed by atoms with E-state index in [1.54, 1.807) is 0 Å². The molecule has 0 aliphatic carbocycles. The molecule has 152 valence electrons. The van der Waals surface area contributed by atoms with Crippen molar-refractivity contribution in [2.24, 2.45) is 5.92 Å². The van der Waals surface area contributed by atoms with Crippen LogP contribution in [-0.4, -0.2) is 61.9 Å². The van der Waals surface area contributed by atoms with E-state index in [-0.39, 0.29) is 5.41 Å². The zero-order chi connectivity index (χ0) is 19.4. The third-order valence-electron chi connectivity index (χ3n) is 7.49. The summed E-state index contributed by atoms with van der Waals surface area (Å²) in [6.07, 6.45) is 0. The highest BCUT2D eigenvalue weighted by Gasteiger charge is 2.54. The van der Waals surface area contributed by atoms with Crippen molar-refractivity contribution in [3.8, 4) is 11.5 Å². The Morgan fingerprint density at radius 1 is 1.00 bits per heavy atom. The fourth-order valence-electron chi connectivity index (χ4n) is 6.17. The molecule has 5 nitrogen and oxygen atoms in total. The molecule has 29 heavy (non-hydrogen) atoms. The predicted octanol–water partition coefficient (Wildman–Crippen LogP) is 2.38. The highest BCUT2D eigenvalue weighted by atomic mass is 16.7. The highest BCUT2D eigenvalue weighted by molar-refractivity contribution is 5.48. The summed E-state index contributed by atoms with van der Waals surface area (Å²) in [6, 6.07) is 16.0. The van der Waals surface area contributed by atoms with Crippen molar-refractivity contribution in [3.63, 3.8) is 0 Å². The van der Waals surface area contributed by atoms with Gasteiger partial charge in [0.2, 0.25) is 6.79 Å². The number of hydrogen-bond acceptors (Lipinski definition) is 5. The van der Waals surface area contributed by atoms with Gasteiger partial charge in [0.05, 0.1) is 0 Å². The molecule has 0 spiro atoms. The molecular formula is C24H29N3O2. The Balaban J connectivity index is 1.33. The molecule has 5 heterocycles. The van der Waals surface area contributed by atoms with E-state index in [4.69, 9.17) is 9.47 Å². The summed E-state index contributed by atoms with van der Waals surface area (Å²) >= 11 is 0. The van der Waals surface area contributed by atoms with E-state index in [9.17, 15) is 0 Å². The quantitative estimate of drug-likeness (QED) is 0.866. The van der Waals surface area contributed by atoms with Gasteiger partial charge < -0.3 is 24.6 Å². The fraction of sp³-hybridized carbons (Fsp3) is 0.500. The van der Waals surface area contributed by atoms with E-state index in [0.29, 0.717) is 18.8 Å². The molecule has 3 unspecified atom stereocenters. The Hall–Kier alpha value is -2.08. The zero-order valence-electron chi connectivity index (χ0n) is 17.1. The number of hydrogen-bond donors (Lipinski definition) is 1. The van der Waals surface area contributed by atoms with Crippen molar-refractivity contribution in [2.45, 2.75) is 24.9 Å². The van der Waals surface area contributed by atoms with Crippen LogP contribution < -0.4 is 14.8 Å². The maximum atomic E-state index is 5.62. The maximum Gasteiger partial charge on any atom is 0.231 e. The molecule has 0 amide bonds. The van der Waals surface area contributed by atoms with Gasteiger partial charge in [0.1, 0.15) is 0 Å². The molecule has 5 aliphatic rings. The van der Waals surface area contributed by atoms with Crippen LogP contribution in [0.1, 0.15) is 16.7 Å². The molecule has 4 bridgehead atoms. The summed E-state index contributed by atoms with van der Waals surface area (Å²) < 4.78 is 11.2.